The lowest BCUT2D eigenvalue weighted by Crippen LogP contribution is -2.12. The van der Waals surface area contributed by atoms with Crippen molar-refractivity contribution in [2.24, 2.45) is 0 Å². The fourth-order valence-electron chi connectivity index (χ4n) is 1.32. The second kappa shape index (κ2) is 5.77. The highest BCUT2D eigenvalue weighted by atomic mass is 16.1. The van der Waals surface area contributed by atoms with E-state index in [1.54, 1.807) is 13.0 Å². The fraction of sp³-hybridized carbons (Fsp3) is 0.214. The Morgan fingerprint density at radius 2 is 2.31 bits per heavy atom. The maximum Gasteiger partial charge on any atom is 0.250 e. The third-order valence-electron chi connectivity index (χ3n) is 2.16. The lowest BCUT2D eigenvalue weighted by molar-refractivity contribution is -0.112. The molecule has 0 aliphatic carbocycles. The van der Waals surface area contributed by atoms with Gasteiger partial charge in [0.05, 0.1) is 0 Å². The van der Waals surface area contributed by atoms with Crippen molar-refractivity contribution < 1.29 is 4.79 Å². The van der Waals surface area contributed by atoms with Crippen molar-refractivity contribution >= 4 is 11.6 Å². The smallest absolute Gasteiger partial charge is 0.250 e. The Labute approximate surface area is 96.4 Å². The molecule has 16 heavy (non-hydrogen) atoms. The molecule has 1 amide bonds. The summed E-state index contributed by atoms with van der Waals surface area (Å²) in [7, 11) is 0. The summed E-state index contributed by atoms with van der Waals surface area (Å²) in [4.78, 5) is 11.7. The third kappa shape index (κ3) is 3.29. The number of terminal acetylenes is 1. The first-order valence-electron chi connectivity index (χ1n) is 5.22. The van der Waals surface area contributed by atoms with Crippen molar-refractivity contribution in [3.63, 3.8) is 0 Å². The van der Waals surface area contributed by atoms with Crippen LogP contribution < -0.4 is 5.32 Å². The van der Waals surface area contributed by atoms with Crippen molar-refractivity contribution in [3.05, 3.63) is 41.5 Å². The van der Waals surface area contributed by atoms with Gasteiger partial charge in [0.2, 0.25) is 0 Å². The highest BCUT2D eigenvalue weighted by molar-refractivity contribution is 6.03. The molecule has 0 aliphatic rings. The van der Waals surface area contributed by atoms with Crippen LogP contribution in [0.2, 0.25) is 0 Å². The van der Waals surface area contributed by atoms with E-state index in [1.165, 1.54) is 0 Å². The minimum absolute atomic E-state index is 0.0870. The number of amides is 1. The molecule has 1 aromatic rings. The predicted molar refractivity (Wildman–Crippen MR) is 67.1 cm³/mol. The standard InChI is InChI=1S/C14H15NO/c1-4-7-11(3)14(16)15-13-9-6-8-12(5-2)10-13/h2,6-10H,4H2,1,3H3,(H,15,16). The van der Waals surface area contributed by atoms with Gasteiger partial charge in [0.25, 0.3) is 5.91 Å². The minimum atomic E-state index is -0.0870. The highest BCUT2D eigenvalue weighted by Gasteiger charge is 2.03. The number of anilines is 1. The fourth-order valence-corrected chi connectivity index (χ4v) is 1.32. The van der Waals surface area contributed by atoms with Crippen LogP contribution in [0, 0.1) is 12.3 Å². The molecule has 0 bridgehead atoms. The number of carbonyl (C=O) groups is 1. The van der Waals surface area contributed by atoms with Crippen LogP contribution in [-0.4, -0.2) is 5.91 Å². The number of hydrogen-bond donors (Lipinski definition) is 1. The molecule has 0 saturated carbocycles. The number of nitrogens with one attached hydrogen (secondary N) is 1. The van der Waals surface area contributed by atoms with E-state index in [4.69, 9.17) is 6.42 Å². The quantitative estimate of drug-likeness (QED) is 0.607. The lowest BCUT2D eigenvalue weighted by atomic mass is 10.2. The molecule has 0 radical (unpaired) electrons. The molecule has 0 unspecified atom stereocenters. The Hall–Kier alpha value is -2.01. The summed E-state index contributed by atoms with van der Waals surface area (Å²) in [5.74, 6) is 2.44. The number of carbonyl (C=O) groups excluding carboxylic acids is 1. The predicted octanol–water partition coefficient (Wildman–Crippen LogP) is 2.96. The van der Waals surface area contributed by atoms with Gasteiger partial charge >= 0.3 is 0 Å². The molecule has 0 fully saturated rings. The zero-order chi connectivity index (χ0) is 12.0. The Kier molecular flexibility index (Phi) is 4.35. The monoisotopic (exact) mass is 213 g/mol. The van der Waals surface area contributed by atoms with Crippen molar-refractivity contribution in [2.75, 3.05) is 5.32 Å². The molecular formula is C14H15NO. The van der Waals surface area contributed by atoms with Crippen LogP contribution in [0.25, 0.3) is 0 Å². The molecule has 0 atom stereocenters. The highest BCUT2D eigenvalue weighted by Crippen LogP contribution is 2.11. The van der Waals surface area contributed by atoms with Gasteiger partial charge in [0, 0.05) is 16.8 Å². The Bertz CT molecular complexity index is 452. The van der Waals surface area contributed by atoms with Crippen LogP contribution in [-0.2, 0) is 4.79 Å². The summed E-state index contributed by atoms with van der Waals surface area (Å²) in [6.45, 7) is 3.79. The van der Waals surface area contributed by atoms with E-state index < -0.39 is 0 Å². The van der Waals surface area contributed by atoms with Gasteiger partial charge in [-0.1, -0.05) is 25.0 Å². The first-order chi connectivity index (χ1) is 7.67. The Balaban J connectivity index is 2.78. The number of rotatable bonds is 3. The van der Waals surface area contributed by atoms with Crippen LogP contribution >= 0.6 is 0 Å². The largest absolute Gasteiger partial charge is 0.322 e. The first-order valence-corrected chi connectivity index (χ1v) is 5.22. The molecular weight excluding hydrogens is 198 g/mol. The first kappa shape index (κ1) is 12.1. The van der Waals surface area contributed by atoms with Crippen molar-refractivity contribution in [2.45, 2.75) is 20.3 Å². The molecule has 2 heteroatoms. The van der Waals surface area contributed by atoms with Crippen LogP contribution in [0.3, 0.4) is 0 Å². The number of hydrogen-bond acceptors (Lipinski definition) is 1. The second-order valence-electron chi connectivity index (χ2n) is 3.47. The average molecular weight is 213 g/mol. The molecule has 0 spiro atoms. The molecule has 1 N–H and O–H groups in total. The van der Waals surface area contributed by atoms with Gasteiger partial charge < -0.3 is 5.32 Å². The maximum absolute atomic E-state index is 11.7. The SMILES string of the molecule is C#Cc1cccc(NC(=O)C(C)=CCC)c1. The van der Waals surface area contributed by atoms with Gasteiger partial charge in [0.1, 0.15) is 0 Å². The molecule has 0 aliphatic heterocycles. The summed E-state index contributed by atoms with van der Waals surface area (Å²) in [6.07, 6.45) is 8.02. The van der Waals surface area contributed by atoms with Crippen molar-refractivity contribution in [3.8, 4) is 12.3 Å². The summed E-state index contributed by atoms with van der Waals surface area (Å²) in [5.41, 5.74) is 2.20. The second-order valence-corrected chi connectivity index (χ2v) is 3.47. The van der Waals surface area contributed by atoms with E-state index in [2.05, 4.69) is 11.2 Å². The van der Waals surface area contributed by atoms with E-state index in [0.29, 0.717) is 5.57 Å². The Morgan fingerprint density at radius 1 is 1.56 bits per heavy atom. The van der Waals surface area contributed by atoms with E-state index in [9.17, 15) is 4.79 Å². The average Bonchev–Trinajstić information content (AvgIpc) is 2.29. The summed E-state index contributed by atoms with van der Waals surface area (Å²) in [6, 6.07) is 7.24. The molecule has 0 saturated heterocycles. The zero-order valence-electron chi connectivity index (χ0n) is 9.58. The van der Waals surface area contributed by atoms with Gasteiger partial charge in [-0.05, 0) is 31.5 Å². The van der Waals surface area contributed by atoms with Gasteiger partial charge in [0.15, 0.2) is 0 Å². The normalized spacial score (nSPS) is 10.7. The van der Waals surface area contributed by atoms with Gasteiger partial charge in [-0.2, -0.15) is 0 Å². The maximum atomic E-state index is 11.7. The molecule has 1 aromatic carbocycles. The summed E-state index contributed by atoms with van der Waals surface area (Å²) < 4.78 is 0. The zero-order valence-corrected chi connectivity index (χ0v) is 9.58. The number of benzene rings is 1. The molecule has 2 nitrogen and oxygen atoms in total. The van der Waals surface area contributed by atoms with E-state index in [-0.39, 0.29) is 5.91 Å². The summed E-state index contributed by atoms with van der Waals surface area (Å²) >= 11 is 0. The molecule has 0 heterocycles. The number of allylic oxidation sites excluding steroid dienone is 1. The van der Waals surface area contributed by atoms with Crippen molar-refractivity contribution in [1.29, 1.82) is 0 Å². The van der Waals surface area contributed by atoms with Gasteiger partial charge in [-0.15, -0.1) is 6.42 Å². The van der Waals surface area contributed by atoms with Crippen LogP contribution in [0.5, 0.6) is 0 Å². The van der Waals surface area contributed by atoms with E-state index >= 15 is 0 Å². The van der Waals surface area contributed by atoms with Gasteiger partial charge in [-0.25, -0.2) is 0 Å². The van der Waals surface area contributed by atoms with Crippen LogP contribution in [0.1, 0.15) is 25.8 Å². The minimum Gasteiger partial charge on any atom is -0.322 e. The topological polar surface area (TPSA) is 29.1 Å². The van der Waals surface area contributed by atoms with E-state index in [1.807, 2.05) is 31.2 Å². The van der Waals surface area contributed by atoms with E-state index in [0.717, 1.165) is 17.7 Å². The van der Waals surface area contributed by atoms with Crippen LogP contribution in [0.15, 0.2) is 35.9 Å². The lowest BCUT2D eigenvalue weighted by Gasteiger charge is -2.05. The van der Waals surface area contributed by atoms with Crippen molar-refractivity contribution in [1.82, 2.24) is 0 Å². The molecule has 1 rings (SSSR count). The molecule has 82 valence electrons. The molecule has 0 aromatic heterocycles. The Morgan fingerprint density at radius 3 is 2.94 bits per heavy atom. The summed E-state index contributed by atoms with van der Waals surface area (Å²) in [5, 5.41) is 2.80. The van der Waals surface area contributed by atoms with Gasteiger partial charge in [-0.3, -0.25) is 4.79 Å². The van der Waals surface area contributed by atoms with Crippen LogP contribution in [0.4, 0.5) is 5.69 Å². The third-order valence-corrected chi connectivity index (χ3v) is 2.16.